The first-order chi connectivity index (χ1) is 31.0. The molecule has 1 spiro atoms. The highest BCUT2D eigenvalue weighted by atomic mass is 15.0. The van der Waals surface area contributed by atoms with Gasteiger partial charge in [-0.05, 0) is 121 Å². The zero-order valence-corrected chi connectivity index (χ0v) is 36.0. The maximum Gasteiger partial charge on any atom is 0.0947 e. The Labute approximate surface area is 371 Å². The van der Waals surface area contributed by atoms with Crippen molar-refractivity contribution >= 4 is 17.1 Å². The van der Waals surface area contributed by atoms with Crippen molar-refractivity contribution < 1.29 is 0 Å². The first-order valence-corrected chi connectivity index (χ1v) is 22.9. The Hall–Kier alpha value is -7.03. The minimum absolute atomic E-state index is 0.0253. The summed E-state index contributed by atoms with van der Waals surface area (Å²) in [6.45, 7) is 4.82. The maximum absolute atomic E-state index is 5.57. The van der Waals surface area contributed by atoms with E-state index in [0.29, 0.717) is 0 Å². The maximum atomic E-state index is 5.57. The van der Waals surface area contributed by atoms with E-state index in [1.165, 1.54) is 93.3 Å². The van der Waals surface area contributed by atoms with Gasteiger partial charge < -0.3 is 5.32 Å². The number of fused-ring (bicyclic) bond motifs is 8. The summed E-state index contributed by atoms with van der Waals surface area (Å²) in [7, 11) is 0. The fourth-order valence-corrected chi connectivity index (χ4v) is 11.6. The molecule has 1 N–H and O–H groups in total. The smallest absolute Gasteiger partial charge is 0.0947 e. The van der Waals surface area contributed by atoms with Crippen LogP contribution in [0.2, 0.25) is 0 Å². The first kappa shape index (κ1) is 37.7. The monoisotopic (exact) mass is 810 g/mol. The van der Waals surface area contributed by atoms with E-state index in [-0.39, 0.29) is 16.9 Å². The number of aliphatic imine (C=N–C) groups is 1. The number of nitrogens with one attached hydrogen (secondary N) is 1. The third-order valence-corrected chi connectivity index (χ3v) is 14.8. The van der Waals surface area contributed by atoms with E-state index in [1.54, 1.807) is 11.1 Å². The molecule has 0 saturated heterocycles. The zero-order chi connectivity index (χ0) is 42.1. The van der Waals surface area contributed by atoms with Crippen molar-refractivity contribution in [2.45, 2.75) is 62.8 Å². The topological polar surface area (TPSA) is 24.4 Å². The Morgan fingerprint density at radius 1 is 0.413 bits per heavy atom. The molecule has 1 fully saturated rings. The molecule has 0 aromatic heterocycles. The van der Waals surface area contributed by atoms with Gasteiger partial charge in [-0.1, -0.05) is 203 Å². The fraction of sp³-hybridized carbons (Fsp3) is 0.164. The summed E-state index contributed by atoms with van der Waals surface area (Å²) >= 11 is 0. The molecular formula is C61H50N2. The highest BCUT2D eigenvalue weighted by molar-refractivity contribution is 6.12. The summed E-state index contributed by atoms with van der Waals surface area (Å²) < 4.78 is 0. The van der Waals surface area contributed by atoms with Crippen LogP contribution in [0, 0.1) is 0 Å². The van der Waals surface area contributed by atoms with Gasteiger partial charge in [0.25, 0.3) is 0 Å². The Balaban J connectivity index is 0.918. The molecule has 4 aliphatic rings. The van der Waals surface area contributed by atoms with Crippen molar-refractivity contribution in [1.29, 1.82) is 0 Å². The van der Waals surface area contributed by atoms with Crippen molar-refractivity contribution in [2.75, 3.05) is 0 Å². The van der Waals surface area contributed by atoms with Crippen LogP contribution in [0.1, 0.15) is 96.5 Å². The average molecular weight is 811 g/mol. The molecule has 304 valence electrons. The van der Waals surface area contributed by atoms with Crippen molar-refractivity contribution in [2.24, 2.45) is 4.99 Å². The van der Waals surface area contributed by atoms with Crippen LogP contribution in [0.25, 0.3) is 55.9 Å². The van der Waals surface area contributed by atoms with Crippen LogP contribution >= 0.6 is 0 Å². The Kier molecular flexibility index (Phi) is 8.87. The fourth-order valence-electron chi connectivity index (χ4n) is 11.6. The molecule has 1 saturated carbocycles. The van der Waals surface area contributed by atoms with Gasteiger partial charge in [-0.2, -0.15) is 0 Å². The van der Waals surface area contributed by atoms with E-state index in [1.807, 2.05) is 0 Å². The second-order valence-electron chi connectivity index (χ2n) is 18.6. The predicted octanol–water partition coefficient (Wildman–Crippen LogP) is 15.2. The lowest BCUT2D eigenvalue weighted by Crippen LogP contribution is -2.32. The molecule has 0 radical (unpaired) electrons. The number of rotatable bonds is 6. The second kappa shape index (κ2) is 14.8. The number of nitrogens with zero attached hydrogens (tertiary/aromatic N) is 1. The molecule has 2 nitrogen and oxygen atoms in total. The number of hydrogen-bond acceptors (Lipinski definition) is 2. The van der Waals surface area contributed by atoms with Crippen LogP contribution in [0.15, 0.2) is 199 Å². The normalized spacial score (nSPS) is 17.6. The van der Waals surface area contributed by atoms with Crippen LogP contribution in [0.4, 0.5) is 0 Å². The van der Waals surface area contributed by atoms with E-state index in [9.17, 15) is 0 Å². The molecule has 3 aliphatic carbocycles. The molecule has 8 aromatic rings. The lowest BCUT2D eigenvalue weighted by atomic mass is 9.67. The standard InChI is InChI=1S/C61H50N2/c1-60(2)52-27-14-13-26-48(52)50-39-55-51(38-54(50)60)49-37-46(32-33-53(49)61(55)34-15-6-16-35-61)41-30-28-40(29-31-41)45-24-17-25-47(36-45)59-58(44-22-11-5-12-23-44)62-56(42-18-7-3-8-19-42)57(63-59)43-20-9-4-10-21-43/h3-5,7-14,17-33,36-39,56,62H,6,15-16,34-35H2,1-2H3. The molecule has 8 aromatic carbocycles. The number of benzene rings is 8. The summed E-state index contributed by atoms with van der Waals surface area (Å²) in [5, 5.41) is 3.98. The zero-order valence-electron chi connectivity index (χ0n) is 36.0. The van der Waals surface area contributed by atoms with Gasteiger partial charge in [0, 0.05) is 16.4 Å². The highest BCUT2D eigenvalue weighted by Gasteiger charge is 2.46. The molecule has 1 atom stereocenters. The summed E-state index contributed by atoms with van der Waals surface area (Å²) in [5.41, 5.74) is 24.2. The molecule has 0 bridgehead atoms. The van der Waals surface area contributed by atoms with Gasteiger partial charge in [-0.25, -0.2) is 4.99 Å². The van der Waals surface area contributed by atoms with Gasteiger partial charge in [0.1, 0.15) is 0 Å². The largest absolute Gasteiger partial charge is 0.370 e. The summed E-state index contributed by atoms with van der Waals surface area (Å²) in [6.07, 6.45) is 6.38. The van der Waals surface area contributed by atoms with Crippen LogP contribution in [0.3, 0.4) is 0 Å². The summed E-state index contributed by atoms with van der Waals surface area (Å²) in [4.78, 5) is 5.57. The molecule has 0 amide bonds. The predicted molar refractivity (Wildman–Crippen MR) is 263 cm³/mol. The molecule has 63 heavy (non-hydrogen) atoms. The van der Waals surface area contributed by atoms with Gasteiger partial charge in [0.05, 0.1) is 23.1 Å². The highest BCUT2D eigenvalue weighted by Crippen LogP contribution is 2.60. The van der Waals surface area contributed by atoms with Crippen molar-refractivity contribution in [3.63, 3.8) is 0 Å². The molecule has 12 rings (SSSR count). The minimum atomic E-state index is -0.103. The van der Waals surface area contributed by atoms with E-state index in [0.717, 1.165) is 33.8 Å². The van der Waals surface area contributed by atoms with Crippen LogP contribution in [-0.2, 0) is 10.8 Å². The lowest BCUT2D eigenvalue weighted by molar-refractivity contribution is 0.353. The van der Waals surface area contributed by atoms with E-state index < -0.39 is 0 Å². The van der Waals surface area contributed by atoms with Gasteiger partial charge in [0.15, 0.2) is 0 Å². The van der Waals surface area contributed by atoms with Crippen molar-refractivity contribution in [3.8, 4) is 44.5 Å². The minimum Gasteiger partial charge on any atom is -0.370 e. The Bertz CT molecular complexity index is 3110. The molecule has 2 heteroatoms. The molecular weight excluding hydrogens is 761 g/mol. The molecule has 1 unspecified atom stereocenters. The quantitative estimate of drug-likeness (QED) is 0.178. The summed E-state index contributed by atoms with van der Waals surface area (Å²) in [6, 6.07) is 71.6. The van der Waals surface area contributed by atoms with Crippen molar-refractivity contribution in [1.82, 2.24) is 5.32 Å². The van der Waals surface area contributed by atoms with Crippen LogP contribution in [0.5, 0.6) is 0 Å². The van der Waals surface area contributed by atoms with Gasteiger partial charge in [0.2, 0.25) is 0 Å². The van der Waals surface area contributed by atoms with Crippen molar-refractivity contribution in [3.05, 3.63) is 239 Å². The van der Waals surface area contributed by atoms with Crippen LogP contribution in [-0.4, -0.2) is 5.71 Å². The SMILES string of the molecule is CC1(C)c2ccccc2-c2cc3c(cc21)-c1cc(-c2ccc(-c4cccc(C5=C(c6ccccc6)NC(c6ccccc6)C(c6ccccc6)=N5)c4)cc2)ccc1C31CCCCC1. The van der Waals surface area contributed by atoms with Gasteiger partial charge >= 0.3 is 0 Å². The third-order valence-electron chi connectivity index (χ3n) is 14.8. The first-order valence-electron chi connectivity index (χ1n) is 22.9. The van der Waals surface area contributed by atoms with E-state index >= 15 is 0 Å². The average Bonchev–Trinajstić information content (AvgIpc) is 3.74. The lowest BCUT2D eigenvalue weighted by Gasteiger charge is -2.36. The van der Waals surface area contributed by atoms with E-state index in [4.69, 9.17) is 4.99 Å². The second-order valence-corrected chi connectivity index (χ2v) is 18.6. The Morgan fingerprint density at radius 2 is 0.968 bits per heavy atom. The molecule has 1 heterocycles. The van der Waals surface area contributed by atoms with Gasteiger partial charge in [-0.3, -0.25) is 0 Å². The van der Waals surface area contributed by atoms with E-state index in [2.05, 4.69) is 213 Å². The summed E-state index contributed by atoms with van der Waals surface area (Å²) in [5.74, 6) is 0. The number of hydrogen-bond donors (Lipinski definition) is 1. The molecule has 1 aliphatic heterocycles. The third kappa shape index (κ3) is 6.10. The Morgan fingerprint density at radius 3 is 1.70 bits per heavy atom. The van der Waals surface area contributed by atoms with Gasteiger partial charge in [-0.15, -0.1) is 0 Å². The van der Waals surface area contributed by atoms with Crippen LogP contribution < -0.4 is 5.32 Å².